The van der Waals surface area contributed by atoms with Gasteiger partial charge in [0.1, 0.15) is 11.6 Å². The maximum absolute atomic E-state index is 13.5. The Labute approximate surface area is 121 Å². The highest BCUT2D eigenvalue weighted by molar-refractivity contribution is 9.10. The van der Waals surface area contributed by atoms with Crippen molar-refractivity contribution in [2.75, 3.05) is 5.32 Å². The highest BCUT2D eigenvalue weighted by atomic mass is 79.9. The van der Waals surface area contributed by atoms with Gasteiger partial charge >= 0.3 is 0 Å². The molecule has 18 heavy (non-hydrogen) atoms. The van der Waals surface area contributed by atoms with Crippen LogP contribution in [0.15, 0.2) is 45.3 Å². The zero-order chi connectivity index (χ0) is 13.1. The average Bonchev–Trinajstić information content (AvgIpc) is 2.35. The Morgan fingerprint density at radius 2 is 1.94 bits per heavy atom. The first-order valence-corrected chi connectivity index (χ1v) is 6.82. The van der Waals surface area contributed by atoms with E-state index < -0.39 is 0 Å². The van der Waals surface area contributed by atoms with Crippen molar-refractivity contribution in [1.82, 2.24) is 0 Å². The number of para-hydroxylation sites is 1. The average molecular weight is 375 g/mol. The van der Waals surface area contributed by atoms with Crippen LogP contribution < -0.4 is 5.32 Å². The molecule has 0 aliphatic rings. The number of benzene rings is 2. The quantitative estimate of drug-likeness (QED) is 0.818. The molecule has 0 unspecified atom stereocenters. The fourth-order valence-electron chi connectivity index (χ4n) is 1.53. The van der Waals surface area contributed by atoms with Crippen molar-refractivity contribution in [2.45, 2.75) is 6.54 Å². The molecule has 0 saturated heterocycles. The largest absolute Gasteiger partial charge is 0.506 e. The molecule has 0 radical (unpaired) electrons. The molecular formula is C13H10Br2FNO. The summed E-state index contributed by atoms with van der Waals surface area (Å²) in [6.07, 6.45) is 0. The van der Waals surface area contributed by atoms with Crippen LogP contribution in [0.4, 0.5) is 10.1 Å². The molecule has 0 aliphatic carbocycles. The van der Waals surface area contributed by atoms with Crippen LogP contribution in [-0.4, -0.2) is 5.11 Å². The molecule has 0 saturated carbocycles. The van der Waals surface area contributed by atoms with E-state index in [1.54, 1.807) is 24.3 Å². The minimum absolute atomic E-state index is 0.167. The normalized spacial score (nSPS) is 10.4. The Hall–Kier alpha value is -1.07. The molecule has 2 aromatic carbocycles. The maximum Gasteiger partial charge on any atom is 0.146 e. The zero-order valence-electron chi connectivity index (χ0n) is 9.25. The number of hydrogen-bond acceptors (Lipinski definition) is 2. The van der Waals surface area contributed by atoms with Gasteiger partial charge < -0.3 is 10.4 Å². The van der Waals surface area contributed by atoms with E-state index in [1.165, 1.54) is 6.07 Å². The summed E-state index contributed by atoms with van der Waals surface area (Å²) in [5.74, 6) is -0.159. The van der Waals surface area contributed by atoms with Crippen molar-refractivity contribution in [3.05, 3.63) is 56.7 Å². The number of hydrogen-bond donors (Lipinski definition) is 2. The van der Waals surface area contributed by atoms with Crippen molar-refractivity contribution in [2.24, 2.45) is 0 Å². The lowest BCUT2D eigenvalue weighted by molar-refractivity contribution is 0.465. The summed E-state index contributed by atoms with van der Waals surface area (Å²) in [6, 6.07) is 10.0. The highest BCUT2D eigenvalue weighted by Gasteiger charge is 2.06. The molecule has 94 valence electrons. The van der Waals surface area contributed by atoms with Crippen LogP contribution in [0, 0.1) is 5.82 Å². The number of aromatic hydroxyl groups is 1. The van der Waals surface area contributed by atoms with Crippen LogP contribution in [0.1, 0.15) is 5.56 Å². The van der Waals surface area contributed by atoms with Crippen molar-refractivity contribution < 1.29 is 9.50 Å². The van der Waals surface area contributed by atoms with Gasteiger partial charge in [-0.2, -0.15) is 0 Å². The molecule has 0 bridgehead atoms. The number of anilines is 1. The van der Waals surface area contributed by atoms with Gasteiger partial charge in [0.05, 0.1) is 10.2 Å². The predicted molar refractivity (Wildman–Crippen MR) is 77.2 cm³/mol. The third-order valence-corrected chi connectivity index (χ3v) is 3.60. The highest BCUT2D eigenvalue weighted by Crippen LogP contribution is 2.28. The first-order valence-electron chi connectivity index (χ1n) is 5.23. The molecular weight excluding hydrogens is 365 g/mol. The molecule has 0 aliphatic heterocycles. The Morgan fingerprint density at radius 1 is 1.17 bits per heavy atom. The molecule has 0 atom stereocenters. The summed E-state index contributed by atoms with van der Waals surface area (Å²) in [5, 5.41) is 12.8. The minimum Gasteiger partial charge on any atom is -0.506 e. The number of halogens is 3. The van der Waals surface area contributed by atoms with Crippen molar-refractivity contribution >= 4 is 37.5 Å². The van der Waals surface area contributed by atoms with Gasteiger partial charge in [0.15, 0.2) is 0 Å². The summed E-state index contributed by atoms with van der Waals surface area (Å²) in [6.45, 7) is 0.346. The number of nitrogens with one attached hydrogen (secondary N) is 1. The van der Waals surface area contributed by atoms with Crippen molar-refractivity contribution in [3.63, 3.8) is 0 Å². The van der Waals surface area contributed by atoms with Crippen LogP contribution in [0.3, 0.4) is 0 Å². The maximum atomic E-state index is 13.5. The fourth-order valence-corrected chi connectivity index (χ4v) is 2.29. The molecule has 0 fully saturated rings. The molecule has 2 aromatic rings. The third-order valence-electron chi connectivity index (χ3n) is 2.47. The van der Waals surface area contributed by atoms with Gasteiger partial charge in [-0.15, -0.1) is 0 Å². The summed E-state index contributed by atoms with van der Waals surface area (Å²) < 4.78 is 14.9. The van der Waals surface area contributed by atoms with E-state index >= 15 is 0 Å². The van der Waals surface area contributed by atoms with E-state index in [1.807, 2.05) is 6.07 Å². The van der Waals surface area contributed by atoms with Crippen LogP contribution in [0.25, 0.3) is 0 Å². The standard InChI is InChI=1S/C13H10Br2FNO/c14-9-4-5-11(16)12(6-9)17-7-8-2-1-3-10(15)13(8)18/h1-6,17-18H,7H2. The van der Waals surface area contributed by atoms with Gasteiger partial charge in [0.2, 0.25) is 0 Å². The lowest BCUT2D eigenvalue weighted by Crippen LogP contribution is -2.01. The van der Waals surface area contributed by atoms with Crippen molar-refractivity contribution in [3.8, 4) is 5.75 Å². The monoisotopic (exact) mass is 373 g/mol. The van der Waals surface area contributed by atoms with E-state index in [9.17, 15) is 9.50 Å². The SMILES string of the molecule is Oc1c(Br)cccc1CNc1cc(Br)ccc1F. The van der Waals surface area contributed by atoms with E-state index in [2.05, 4.69) is 37.2 Å². The molecule has 2 N–H and O–H groups in total. The van der Waals surface area contributed by atoms with Crippen molar-refractivity contribution in [1.29, 1.82) is 0 Å². The first kappa shape index (κ1) is 13.4. The smallest absolute Gasteiger partial charge is 0.146 e. The second kappa shape index (κ2) is 5.71. The summed E-state index contributed by atoms with van der Waals surface area (Å²) in [5.41, 5.74) is 1.09. The van der Waals surface area contributed by atoms with E-state index in [0.29, 0.717) is 22.3 Å². The van der Waals surface area contributed by atoms with E-state index in [0.717, 1.165) is 4.47 Å². The Morgan fingerprint density at radius 3 is 2.72 bits per heavy atom. The summed E-state index contributed by atoms with van der Waals surface area (Å²) in [4.78, 5) is 0. The zero-order valence-corrected chi connectivity index (χ0v) is 12.4. The topological polar surface area (TPSA) is 32.3 Å². The summed E-state index contributed by atoms with van der Waals surface area (Å²) >= 11 is 6.52. The second-order valence-corrected chi connectivity index (χ2v) is 5.50. The van der Waals surface area contributed by atoms with Gasteiger partial charge in [0, 0.05) is 16.6 Å². The second-order valence-electron chi connectivity index (χ2n) is 3.73. The van der Waals surface area contributed by atoms with E-state index in [-0.39, 0.29) is 11.6 Å². The van der Waals surface area contributed by atoms with Crippen LogP contribution in [-0.2, 0) is 6.54 Å². The Balaban J connectivity index is 2.16. The molecule has 0 spiro atoms. The Bertz CT molecular complexity index is 573. The number of phenolic OH excluding ortho intramolecular Hbond substituents is 1. The van der Waals surface area contributed by atoms with E-state index in [4.69, 9.17) is 0 Å². The van der Waals surface area contributed by atoms with Gasteiger partial charge in [-0.3, -0.25) is 0 Å². The van der Waals surface area contributed by atoms with Gasteiger partial charge in [0.25, 0.3) is 0 Å². The summed E-state index contributed by atoms with van der Waals surface area (Å²) in [7, 11) is 0. The first-order chi connectivity index (χ1) is 8.58. The minimum atomic E-state index is -0.326. The molecule has 2 rings (SSSR count). The Kier molecular flexibility index (Phi) is 4.24. The lowest BCUT2D eigenvalue weighted by Gasteiger charge is -2.10. The molecule has 5 heteroatoms. The fraction of sp³-hybridized carbons (Fsp3) is 0.0769. The van der Waals surface area contributed by atoms with Gasteiger partial charge in [-0.25, -0.2) is 4.39 Å². The number of rotatable bonds is 3. The molecule has 2 nitrogen and oxygen atoms in total. The predicted octanol–water partition coefficient (Wildman–Crippen LogP) is 4.67. The molecule has 0 amide bonds. The number of phenols is 1. The lowest BCUT2D eigenvalue weighted by atomic mass is 10.2. The van der Waals surface area contributed by atoms with Crippen LogP contribution in [0.2, 0.25) is 0 Å². The van der Waals surface area contributed by atoms with Crippen LogP contribution >= 0.6 is 31.9 Å². The molecule has 0 heterocycles. The van der Waals surface area contributed by atoms with Crippen LogP contribution in [0.5, 0.6) is 5.75 Å². The van der Waals surface area contributed by atoms with Gasteiger partial charge in [-0.05, 0) is 40.2 Å². The molecule has 0 aromatic heterocycles. The van der Waals surface area contributed by atoms with Gasteiger partial charge in [-0.1, -0.05) is 28.1 Å². The third kappa shape index (κ3) is 3.03.